The molecule has 5 atom stereocenters. The number of aliphatic hydroxyl groups excluding tert-OH is 2. The van der Waals surface area contributed by atoms with Crippen LogP contribution in [0.4, 0.5) is 0 Å². The van der Waals surface area contributed by atoms with Gasteiger partial charge in [0.1, 0.15) is 0 Å². The minimum absolute atomic E-state index is 0.373. The molecule has 1 aliphatic rings. The van der Waals surface area contributed by atoms with Crippen LogP contribution in [0.15, 0.2) is 21.9 Å². The number of H-pyrrole nitrogens is 1. The Hall–Kier alpha value is -1.59. The predicted molar refractivity (Wildman–Crippen MR) is 79.5 cm³/mol. The second-order valence-corrected chi connectivity index (χ2v) is 5.77. The van der Waals surface area contributed by atoms with Gasteiger partial charge >= 0.3 is 5.69 Å². The number of halogens is 1. The van der Waals surface area contributed by atoms with Gasteiger partial charge in [-0.05, 0) is 13.8 Å². The minimum Gasteiger partial charge on any atom is -0.396 e. The Morgan fingerprint density at radius 3 is 2.77 bits per heavy atom. The monoisotopic (exact) mass is 328 g/mol. The van der Waals surface area contributed by atoms with Gasteiger partial charge in [0, 0.05) is 18.2 Å². The van der Waals surface area contributed by atoms with Crippen molar-refractivity contribution in [3.8, 4) is 11.8 Å². The molecule has 1 aromatic rings. The van der Waals surface area contributed by atoms with Crippen molar-refractivity contribution in [1.29, 1.82) is 0 Å². The van der Waals surface area contributed by atoms with Gasteiger partial charge in [0.25, 0.3) is 5.56 Å². The quantitative estimate of drug-likeness (QED) is 0.509. The molecule has 1 fully saturated rings. The number of nitrogens with one attached hydrogen (secondary N) is 1. The summed E-state index contributed by atoms with van der Waals surface area (Å²) in [6.45, 7) is 2.70. The van der Waals surface area contributed by atoms with Crippen molar-refractivity contribution in [2.45, 2.75) is 37.2 Å². The van der Waals surface area contributed by atoms with Crippen LogP contribution in [0.3, 0.4) is 0 Å². The molecular weight excluding hydrogens is 312 g/mol. The molecule has 8 heteroatoms. The van der Waals surface area contributed by atoms with Crippen LogP contribution in [0, 0.1) is 17.8 Å². The second kappa shape index (κ2) is 6.26. The van der Waals surface area contributed by atoms with Crippen molar-refractivity contribution in [2.75, 3.05) is 6.61 Å². The lowest BCUT2D eigenvalue weighted by molar-refractivity contribution is -0.0687. The zero-order valence-electron chi connectivity index (χ0n) is 12.1. The van der Waals surface area contributed by atoms with E-state index in [4.69, 9.17) is 16.3 Å². The van der Waals surface area contributed by atoms with Crippen LogP contribution in [0.5, 0.6) is 0 Å². The Balaban J connectivity index is 2.59. The fourth-order valence-corrected chi connectivity index (χ4v) is 3.12. The molecule has 2 heterocycles. The largest absolute Gasteiger partial charge is 0.396 e. The highest BCUT2D eigenvalue weighted by molar-refractivity contribution is 6.26. The number of hydrogen-bond acceptors (Lipinski definition) is 5. The molecule has 0 spiro atoms. The lowest BCUT2D eigenvalue weighted by atomic mass is 9.87. The summed E-state index contributed by atoms with van der Waals surface area (Å²) in [5, 5.41) is 19.5. The molecule has 0 bridgehead atoms. The fraction of sp³-hybridized carbons (Fsp3) is 0.571. The van der Waals surface area contributed by atoms with Crippen molar-refractivity contribution in [3.63, 3.8) is 0 Å². The average Bonchev–Trinajstić information content (AvgIpc) is 2.72. The van der Waals surface area contributed by atoms with Gasteiger partial charge in [0.15, 0.2) is 11.1 Å². The molecule has 0 amide bonds. The molecule has 2 unspecified atom stereocenters. The van der Waals surface area contributed by atoms with Crippen molar-refractivity contribution in [1.82, 2.24) is 9.55 Å². The zero-order chi connectivity index (χ0) is 16.5. The number of nitrogens with zero attached hydrogens (tertiary/aromatic N) is 1. The van der Waals surface area contributed by atoms with E-state index in [-0.39, 0.29) is 6.61 Å². The summed E-state index contributed by atoms with van der Waals surface area (Å²) in [5.74, 6) is 4.72. The van der Waals surface area contributed by atoms with E-state index in [0.29, 0.717) is 0 Å². The molecule has 1 aromatic heterocycles. The Bertz CT molecular complexity index is 716. The standard InChI is InChI=1S/C14H17ClN2O5/c1-3-5-14(15)9(7-18)11(8(2)19)22-12(14)17-6-4-10(20)16-13(17)21/h4,6,8-9,11-12,18-19H,7H2,1-2H3,(H,16,20,21)/t8-,9?,11+,12+,14?/m0/s1. The normalized spacial score (nSPS) is 32.3. The maximum absolute atomic E-state index is 12.0. The molecule has 3 N–H and O–H groups in total. The van der Waals surface area contributed by atoms with Crippen LogP contribution in [0.2, 0.25) is 0 Å². The molecule has 120 valence electrons. The van der Waals surface area contributed by atoms with Crippen LogP contribution in [-0.2, 0) is 4.74 Å². The van der Waals surface area contributed by atoms with E-state index in [2.05, 4.69) is 16.8 Å². The van der Waals surface area contributed by atoms with E-state index in [0.717, 1.165) is 10.6 Å². The number of ether oxygens (including phenoxy) is 1. The van der Waals surface area contributed by atoms with Crippen molar-refractivity contribution in [3.05, 3.63) is 33.1 Å². The summed E-state index contributed by atoms with van der Waals surface area (Å²) in [6, 6.07) is 1.16. The lowest BCUT2D eigenvalue weighted by Gasteiger charge is -2.27. The maximum atomic E-state index is 12.0. The fourth-order valence-electron chi connectivity index (χ4n) is 2.68. The third kappa shape index (κ3) is 2.71. The molecule has 22 heavy (non-hydrogen) atoms. The second-order valence-electron chi connectivity index (χ2n) is 5.14. The maximum Gasteiger partial charge on any atom is 0.330 e. The highest BCUT2D eigenvalue weighted by atomic mass is 35.5. The number of aliphatic hydroxyl groups is 2. The summed E-state index contributed by atoms with van der Waals surface area (Å²) in [6.07, 6.45) is -1.52. The summed E-state index contributed by atoms with van der Waals surface area (Å²) >= 11 is 6.57. The van der Waals surface area contributed by atoms with Gasteiger partial charge in [-0.3, -0.25) is 14.3 Å². The zero-order valence-corrected chi connectivity index (χ0v) is 12.9. The molecule has 1 aliphatic heterocycles. The molecule has 7 nitrogen and oxygen atoms in total. The smallest absolute Gasteiger partial charge is 0.330 e. The van der Waals surface area contributed by atoms with Gasteiger partial charge < -0.3 is 14.9 Å². The van der Waals surface area contributed by atoms with E-state index < -0.39 is 40.5 Å². The SMILES string of the molecule is CC#CC1(Cl)C(CO)[C@@H]([C@H](C)O)O[C@H]1n1ccc(=O)[nH]c1=O. The van der Waals surface area contributed by atoms with Gasteiger partial charge in [0.05, 0.1) is 18.8 Å². The first-order valence-electron chi connectivity index (χ1n) is 6.73. The van der Waals surface area contributed by atoms with Gasteiger partial charge in [-0.25, -0.2) is 4.79 Å². The van der Waals surface area contributed by atoms with E-state index >= 15 is 0 Å². The van der Waals surface area contributed by atoms with E-state index in [1.54, 1.807) is 6.92 Å². The first kappa shape index (κ1) is 16.8. The van der Waals surface area contributed by atoms with E-state index in [1.165, 1.54) is 13.1 Å². The van der Waals surface area contributed by atoms with Crippen LogP contribution in [-0.4, -0.2) is 43.5 Å². The first-order chi connectivity index (χ1) is 10.3. The van der Waals surface area contributed by atoms with Crippen molar-refractivity contribution < 1.29 is 14.9 Å². The van der Waals surface area contributed by atoms with Gasteiger partial charge in [-0.15, -0.1) is 5.92 Å². The summed E-state index contributed by atoms with van der Waals surface area (Å²) in [4.78, 5) is 23.9. The summed E-state index contributed by atoms with van der Waals surface area (Å²) in [5.41, 5.74) is -1.25. The van der Waals surface area contributed by atoms with Crippen LogP contribution in [0.25, 0.3) is 0 Å². The lowest BCUT2D eigenvalue weighted by Crippen LogP contribution is -2.43. The Morgan fingerprint density at radius 1 is 1.59 bits per heavy atom. The van der Waals surface area contributed by atoms with E-state index in [9.17, 15) is 19.8 Å². The average molecular weight is 329 g/mol. The van der Waals surface area contributed by atoms with E-state index in [1.807, 2.05) is 0 Å². The predicted octanol–water partition coefficient (Wildman–Crippen LogP) is -0.576. The topological polar surface area (TPSA) is 105 Å². The number of alkyl halides is 1. The molecule has 1 saturated heterocycles. The number of aromatic nitrogens is 2. The molecular formula is C14H17ClN2O5. The van der Waals surface area contributed by atoms with Crippen molar-refractivity contribution in [2.24, 2.45) is 5.92 Å². The summed E-state index contributed by atoms with van der Waals surface area (Å²) in [7, 11) is 0. The first-order valence-corrected chi connectivity index (χ1v) is 7.11. The van der Waals surface area contributed by atoms with Crippen molar-refractivity contribution >= 4 is 11.6 Å². The number of aromatic amines is 1. The van der Waals surface area contributed by atoms with Gasteiger partial charge in [-0.2, -0.15) is 0 Å². The molecule has 0 saturated carbocycles. The van der Waals surface area contributed by atoms with Crippen LogP contribution in [0.1, 0.15) is 20.1 Å². The molecule has 0 aromatic carbocycles. The third-order valence-electron chi connectivity index (χ3n) is 3.67. The minimum atomic E-state index is -1.41. The number of hydrogen-bond donors (Lipinski definition) is 3. The highest BCUT2D eigenvalue weighted by Gasteiger charge is 2.57. The number of rotatable bonds is 3. The Labute approximate surface area is 131 Å². The molecule has 2 rings (SSSR count). The molecule has 0 aliphatic carbocycles. The Morgan fingerprint density at radius 2 is 2.27 bits per heavy atom. The van der Waals surface area contributed by atoms with Crippen LogP contribution >= 0.6 is 11.6 Å². The third-order valence-corrected chi connectivity index (χ3v) is 4.24. The highest BCUT2D eigenvalue weighted by Crippen LogP contribution is 2.47. The summed E-state index contributed by atoms with van der Waals surface area (Å²) < 4.78 is 6.80. The van der Waals surface area contributed by atoms with Gasteiger partial charge in [-0.1, -0.05) is 17.5 Å². The van der Waals surface area contributed by atoms with Gasteiger partial charge in [0.2, 0.25) is 0 Å². The van der Waals surface area contributed by atoms with Crippen LogP contribution < -0.4 is 11.2 Å². The molecule has 0 radical (unpaired) electrons. The Kier molecular flexibility index (Phi) is 4.78.